The molecule has 8 heteroatoms. The summed E-state index contributed by atoms with van der Waals surface area (Å²) in [5.41, 5.74) is 0.180. The topological polar surface area (TPSA) is 53.1 Å². The van der Waals surface area contributed by atoms with Crippen molar-refractivity contribution < 1.29 is 18.7 Å². The third-order valence-electron chi connectivity index (χ3n) is 6.27. The van der Waals surface area contributed by atoms with E-state index >= 15 is 0 Å². The lowest BCUT2D eigenvalue weighted by atomic mass is 9.85. The zero-order valence-corrected chi connectivity index (χ0v) is 20.2. The Balaban J connectivity index is 1.66. The average Bonchev–Trinajstić information content (AvgIpc) is 3.02. The van der Waals surface area contributed by atoms with Crippen LogP contribution in [-0.4, -0.2) is 47.8 Å². The molecule has 0 saturated carbocycles. The maximum atomic E-state index is 14.9. The van der Waals surface area contributed by atoms with Gasteiger partial charge in [0.2, 0.25) is 0 Å². The number of halogens is 2. The molecule has 2 aliphatic heterocycles. The number of ether oxygens (including phenoxy) is 1. The highest BCUT2D eigenvalue weighted by Gasteiger charge is 2.55. The van der Waals surface area contributed by atoms with E-state index in [-0.39, 0.29) is 24.4 Å². The van der Waals surface area contributed by atoms with Gasteiger partial charge in [0.1, 0.15) is 17.0 Å². The van der Waals surface area contributed by atoms with Crippen LogP contribution in [0, 0.1) is 12.7 Å². The average molecular weight is 474 g/mol. The largest absolute Gasteiger partial charge is 0.444 e. The lowest BCUT2D eigenvalue weighted by molar-refractivity contribution is -0.123. The van der Waals surface area contributed by atoms with Gasteiger partial charge in [0.25, 0.3) is 5.91 Å². The van der Waals surface area contributed by atoms with Crippen LogP contribution in [0.15, 0.2) is 42.5 Å². The smallest absolute Gasteiger partial charge is 0.410 e. The highest BCUT2D eigenvalue weighted by Crippen LogP contribution is 2.42. The Morgan fingerprint density at radius 3 is 2.36 bits per heavy atom. The van der Waals surface area contributed by atoms with E-state index in [0.29, 0.717) is 36.5 Å². The molecule has 176 valence electrons. The Morgan fingerprint density at radius 2 is 1.76 bits per heavy atom. The number of carbonyl (C=O) groups is 2. The number of hydrogen-bond acceptors (Lipinski definition) is 4. The van der Waals surface area contributed by atoms with E-state index in [0.717, 1.165) is 5.69 Å². The number of rotatable bonds is 2. The van der Waals surface area contributed by atoms with Gasteiger partial charge >= 0.3 is 6.09 Å². The van der Waals surface area contributed by atoms with E-state index in [1.807, 2.05) is 56.0 Å². The summed E-state index contributed by atoms with van der Waals surface area (Å²) in [6.45, 7) is 8.15. The zero-order chi connectivity index (χ0) is 24.0. The van der Waals surface area contributed by atoms with Crippen LogP contribution in [0.3, 0.4) is 0 Å². The van der Waals surface area contributed by atoms with E-state index in [2.05, 4.69) is 0 Å². The Hall–Kier alpha value is -2.80. The molecule has 2 aromatic carbocycles. The van der Waals surface area contributed by atoms with Gasteiger partial charge in [0.15, 0.2) is 0 Å². The molecule has 2 aromatic rings. The Labute approximate surface area is 198 Å². The summed E-state index contributed by atoms with van der Waals surface area (Å²) in [5, 5.41) is 0.408. The molecule has 1 spiro atoms. The molecule has 2 aliphatic rings. The Morgan fingerprint density at radius 1 is 1.12 bits per heavy atom. The first kappa shape index (κ1) is 23.4. The van der Waals surface area contributed by atoms with Gasteiger partial charge in [-0.05, 0) is 70.4 Å². The first-order valence-corrected chi connectivity index (χ1v) is 11.5. The predicted octanol–water partition coefficient (Wildman–Crippen LogP) is 5.37. The molecule has 0 bridgehead atoms. The molecule has 0 unspecified atom stereocenters. The van der Waals surface area contributed by atoms with Crippen LogP contribution >= 0.6 is 11.6 Å². The zero-order valence-electron chi connectivity index (χ0n) is 19.4. The van der Waals surface area contributed by atoms with Gasteiger partial charge in [0, 0.05) is 23.8 Å². The first-order chi connectivity index (χ1) is 15.5. The van der Waals surface area contributed by atoms with E-state index < -0.39 is 17.0 Å². The SMILES string of the molecule is Cc1cc(F)c(N2CN(c3ccccc3)C3(CCN(C(=O)OC(C)(C)C)CC3)C2=O)cc1Cl. The molecule has 0 radical (unpaired) electrons. The minimum Gasteiger partial charge on any atom is -0.444 e. The summed E-state index contributed by atoms with van der Waals surface area (Å²) < 4.78 is 20.4. The van der Waals surface area contributed by atoms with Crippen LogP contribution in [0.1, 0.15) is 39.2 Å². The highest BCUT2D eigenvalue weighted by molar-refractivity contribution is 6.31. The fraction of sp³-hybridized carbons (Fsp3) is 0.440. The Bertz CT molecular complexity index is 1060. The van der Waals surface area contributed by atoms with Gasteiger partial charge in [-0.1, -0.05) is 29.8 Å². The molecule has 2 heterocycles. The van der Waals surface area contributed by atoms with Gasteiger partial charge in [0.05, 0.1) is 12.4 Å². The molecule has 33 heavy (non-hydrogen) atoms. The van der Waals surface area contributed by atoms with Crippen LogP contribution in [0.4, 0.5) is 20.6 Å². The van der Waals surface area contributed by atoms with E-state index in [4.69, 9.17) is 16.3 Å². The number of anilines is 2. The van der Waals surface area contributed by atoms with Crippen molar-refractivity contribution in [1.29, 1.82) is 0 Å². The predicted molar refractivity (Wildman–Crippen MR) is 127 cm³/mol. The van der Waals surface area contributed by atoms with Crippen molar-refractivity contribution in [1.82, 2.24) is 4.90 Å². The third-order valence-corrected chi connectivity index (χ3v) is 6.68. The number of aryl methyl sites for hydroxylation is 1. The van der Waals surface area contributed by atoms with Crippen molar-refractivity contribution in [2.24, 2.45) is 0 Å². The number of carbonyl (C=O) groups excluding carboxylic acids is 2. The van der Waals surface area contributed by atoms with Crippen molar-refractivity contribution in [2.45, 2.75) is 51.7 Å². The molecule has 2 amide bonds. The molecule has 0 aromatic heterocycles. The summed E-state index contributed by atoms with van der Waals surface area (Å²) >= 11 is 6.27. The quantitative estimate of drug-likeness (QED) is 0.588. The number of piperidine rings is 1. The minimum absolute atomic E-state index is 0.169. The van der Waals surface area contributed by atoms with Gasteiger partial charge < -0.3 is 14.5 Å². The van der Waals surface area contributed by atoms with Gasteiger partial charge in [-0.25, -0.2) is 9.18 Å². The molecule has 2 fully saturated rings. The maximum absolute atomic E-state index is 14.9. The van der Waals surface area contributed by atoms with Crippen LogP contribution in [0.5, 0.6) is 0 Å². The van der Waals surface area contributed by atoms with Crippen molar-refractivity contribution in [3.8, 4) is 0 Å². The molecule has 2 saturated heterocycles. The molecule has 0 N–H and O–H groups in total. The summed E-state index contributed by atoms with van der Waals surface area (Å²) in [4.78, 5) is 31.6. The van der Waals surface area contributed by atoms with E-state index in [1.165, 1.54) is 17.0 Å². The standard InChI is InChI=1S/C25H29ClFN3O3/c1-17-14-20(27)21(15-19(17)26)29-16-30(18-8-6-5-7-9-18)25(22(29)31)10-12-28(13-11-25)23(32)33-24(2,3)4/h5-9,14-15H,10-13,16H2,1-4H3. The second-order valence-electron chi connectivity index (χ2n) is 9.69. The molecule has 0 aliphatic carbocycles. The van der Waals surface area contributed by atoms with E-state index in [1.54, 1.807) is 11.8 Å². The first-order valence-electron chi connectivity index (χ1n) is 11.1. The van der Waals surface area contributed by atoms with Gasteiger partial charge in [-0.15, -0.1) is 0 Å². The fourth-order valence-corrected chi connectivity index (χ4v) is 4.70. The summed E-state index contributed by atoms with van der Waals surface area (Å²) in [6.07, 6.45) is 0.442. The van der Waals surface area contributed by atoms with Crippen LogP contribution in [0.25, 0.3) is 0 Å². The summed E-state index contributed by atoms with van der Waals surface area (Å²) in [6, 6.07) is 12.5. The number of benzene rings is 2. The van der Waals surface area contributed by atoms with Crippen molar-refractivity contribution in [3.05, 3.63) is 58.9 Å². The molecular weight excluding hydrogens is 445 g/mol. The molecular formula is C25H29ClFN3O3. The molecule has 0 atom stereocenters. The molecule has 6 nitrogen and oxygen atoms in total. The van der Waals surface area contributed by atoms with Gasteiger partial charge in [-0.3, -0.25) is 9.69 Å². The Kier molecular flexibility index (Phi) is 6.03. The van der Waals surface area contributed by atoms with Crippen molar-refractivity contribution >= 4 is 35.0 Å². The highest BCUT2D eigenvalue weighted by atomic mass is 35.5. The van der Waals surface area contributed by atoms with Crippen LogP contribution < -0.4 is 9.80 Å². The van der Waals surface area contributed by atoms with Crippen LogP contribution in [0.2, 0.25) is 5.02 Å². The second-order valence-corrected chi connectivity index (χ2v) is 10.1. The van der Waals surface area contributed by atoms with Crippen LogP contribution in [-0.2, 0) is 9.53 Å². The number of para-hydroxylation sites is 1. The monoisotopic (exact) mass is 473 g/mol. The van der Waals surface area contributed by atoms with Gasteiger partial charge in [-0.2, -0.15) is 0 Å². The van der Waals surface area contributed by atoms with Crippen molar-refractivity contribution in [3.63, 3.8) is 0 Å². The normalized spacial score (nSPS) is 18.2. The number of hydrogen-bond donors (Lipinski definition) is 0. The number of likely N-dealkylation sites (tertiary alicyclic amines) is 1. The minimum atomic E-state index is -0.885. The number of amides is 2. The fourth-order valence-electron chi connectivity index (χ4n) is 4.54. The second kappa shape index (κ2) is 8.52. The molecule has 4 rings (SSSR count). The van der Waals surface area contributed by atoms with E-state index in [9.17, 15) is 14.0 Å². The lowest BCUT2D eigenvalue weighted by Gasteiger charge is -2.43. The van der Waals surface area contributed by atoms with Crippen molar-refractivity contribution in [2.75, 3.05) is 29.6 Å². The maximum Gasteiger partial charge on any atom is 0.410 e. The number of nitrogens with zero attached hydrogens (tertiary/aromatic N) is 3. The third kappa shape index (κ3) is 4.38. The lowest BCUT2D eigenvalue weighted by Crippen LogP contribution is -2.57. The summed E-state index contributed by atoms with van der Waals surface area (Å²) in [7, 11) is 0. The summed E-state index contributed by atoms with van der Waals surface area (Å²) in [5.74, 6) is -0.671.